The summed E-state index contributed by atoms with van der Waals surface area (Å²) in [4.78, 5) is 10.9. The lowest BCUT2D eigenvalue weighted by Gasteiger charge is -2.09. The van der Waals surface area contributed by atoms with E-state index in [1.54, 1.807) is 18.2 Å². The van der Waals surface area contributed by atoms with Crippen LogP contribution < -0.4 is 10.1 Å². The number of carbonyl (C=O) groups is 1. The van der Waals surface area contributed by atoms with Gasteiger partial charge in [-0.2, -0.15) is 5.26 Å². The fourth-order valence-corrected chi connectivity index (χ4v) is 1.10. The number of nitriles is 1. The molecule has 0 aromatic heterocycles. The Balaban J connectivity index is 3.20. The molecule has 0 unspecified atom stereocenters. The van der Waals surface area contributed by atoms with Crippen molar-refractivity contribution >= 4 is 11.6 Å². The van der Waals surface area contributed by atoms with Crippen molar-refractivity contribution in [2.45, 2.75) is 6.92 Å². The Labute approximate surface area is 82.1 Å². The van der Waals surface area contributed by atoms with Crippen molar-refractivity contribution in [3.8, 4) is 11.8 Å². The molecule has 0 fully saturated rings. The van der Waals surface area contributed by atoms with Crippen LogP contribution in [-0.2, 0) is 4.79 Å². The second-order valence-corrected chi connectivity index (χ2v) is 2.68. The molecule has 0 spiro atoms. The first-order valence-electron chi connectivity index (χ1n) is 4.03. The highest BCUT2D eigenvalue weighted by atomic mass is 16.5. The molecule has 0 bridgehead atoms. The summed E-state index contributed by atoms with van der Waals surface area (Å²) in [6.07, 6.45) is 0. The van der Waals surface area contributed by atoms with Crippen molar-refractivity contribution in [2.75, 3.05) is 12.4 Å². The normalized spacial score (nSPS) is 8.93. The number of carbonyl (C=O) groups excluding carboxylic acids is 1. The summed E-state index contributed by atoms with van der Waals surface area (Å²) in [6.45, 7) is 1.38. The van der Waals surface area contributed by atoms with Crippen molar-refractivity contribution in [3.63, 3.8) is 0 Å². The third-order valence-electron chi connectivity index (χ3n) is 1.67. The number of methoxy groups -OCH3 is 1. The van der Waals surface area contributed by atoms with E-state index in [1.807, 2.05) is 6.07 Å². The minimum absolute atomic E-state index is 0.231. The van der Waals surface area contributed by atoms with Crippen molar-refractivity contribution in [2.24, 2.45) is 0 Å². The number of rotatable bonds is 2. The summed E-state index contributed by atoms with van der Waals surface area (Å²) in [7, 11) is 1.49. The molecule has 1 rings (SSSR count). The number of anilines is 1. The molecule has 72 valence electrons. The van der Waals surface area contributed by atoms with Gasteiger partial charge in [0.2, 0.25) is 5.91 Å². The van der Waals surface area contributed by atoms with Crippen LogP contribution in [0.15, 0.2) is 18.2 Å². The molecule has 0 atom stereocenters. The number of nitrogens with one attached hydrogen (secondary N) is 1. The van der Waals surface area contributed by atoms with Crippen molar-refractivity contribution < 1.29 is 9.53 Å². The van der Waals surface area contributed by atoms with E-state index in [0.717, 1.165) is 0 Å². The Bertz CT molecular complexity index is 394. The molecule has 4 heteroatoms. The summed E-state index contributed by atoms with van der Waals surface area (Å²) in [5, 5.41) is 11.4. The molecular weight excluding hydrogens is 180 g/mol. The van der Waals surface area contributed by atoms with Gasteiger partial charge in [-0.05, 0) is 12.1 Å². The van der Waals surface area contributed by atoms with E-state index in [-0.39, 0.29) is 5.91 Å². The van der Waals surface area contributed by atoms with Gasteiger partial charge in [0.05, 0.1) is 12.7 Å². The average molecular weight is 190 g/mol. The second kappa shape index (κ2) is 4.28. The predicted octanol–water partition coefficient (Wildman–Crippen LogP) is 1.53. The molecule has 4 nitrogen and oxygen atoms in total. The van der Waals surface area contributed by atoms with Crippen LogP contribution in [-0.4, -0.2) is 13.0 Å². The average Bonchev–Trinajstić information content (AvgIpc) is 2.17. The van der Waals surface area contributed by atoms with Crippen LogP contribution in [0.4, 0.5) is 5.69 Å². The topological polar surface area (TPSA) is 62.1 Å². The maximum absolute atomic E-state index is 10.9. The van der Waals surface area contributed by atoms with Crippen LogP contribution in [0.2, 0.25) is 0 Å². The van der Waals surface area contributed by atoms with Gasteiger partial charge < -0.3 is 10.1 Å². The summed E-state index contributed by atoms with van der Waals surface area (Å²) in [5.74, 6) is 0.255. The maximum atomic E-state index is 10.9. The molecule has 14 heavy (non-hydrogen) atoms. The van der Waals surface area contributed by atoms with E-state index in [9.17, 15) is 4.79 Å². The lowest BCUT2D eigenvalue weighted by atomic mass is 10.2. The van der Waals surface area contributed by atoms with Gasteiger partial charge in [-0.15, -0.1) is 0 Å². The smallest absolute Gasteiger partial charge is 0.221 e. The number of para-hydroxylation sites is 1. The Morgan fingerprint density at radius 2 is 2.29 bits per heavy atom. The van der Waals surface area contributed by atoms with E-state index in [0.29, 0.717) is 17.0 Å². The maximum Gasteiger partial charge on any atom is 0.221 e. The van der Waals surface area contributed by atoms with E-state index in [4.69, 9.17) is 10.00 Å². The van der Waals surface area contributed by atoms with Gasteiger partial charge in [-0.25, -0.2) is 0 Å². The summed E-state index contributed by atoms with van der Waals surface area (Å²) < 4.78 is 5.02. The SMILES string of the molecule is COc1cccc(C#N)c1NC(C)=O. The third kappa shape index (κ3) is 2.02. The molecule has 0 saturated heterocycles. The third-order valence-corrected chi connectivity index (χ3v) is 1.67. The second-order valence-electron chi connectivity index (χ2n) is 2.68. The van der Waals surface area contributed by atoms with Gasteiger partial charge in [0.25, 0.3) is 0 Å². The summed E-state index contributed by atoms with van der Waals surface area (Å²) in [6, 6.07) is 6.98. The standard InChI is InChI=1S/C10H10N2O2/c1-7(13)12-10-8(6-11)4-3-5-9(10)14-2/h3-5H,1-2H3,(H,12,13). The molecular formula is C10H10N2O2. The van der Waals surface area contributed by atoms with Gasteiger partial charge in [0, 0.05) is 6.92 Å². The van der Waals surface area contributed by atoms with Crippen molar-refractivity contribution in [1.82, 2.24) is 0 Å². The van der Waals surface area contributed by atoms with Gasteiger partial charge in [-0.1, -0.05) is 6.07 Å². The number of ether oxygens (including phenoxy) is 1. The van der Waals surface area contributed by atoms with Gasteiger partial charge in [0.1, 0.15) is 17.5 Å². The molecule has 1 amide bonds. The van der Waals surface area contributed by atoms with Crippen LogP contribution >= 0.6 is 0 Å². The zero-order valence-corrected chi connectivity index (χ0v) is 8.00. The van der Waals surface area contributed by atoms with Crippen molar-refractivity contribution in [3.05, 3.63) is 23.8 Å². The predicted molar refractivity (Wildman–Crippen MR) is 52.0 cm³/mol. The van der Waals surface area contributed by atoms with Gasteiger partial charge in [0.15, 0.2) is 0 Å². The molecule has 1 aromatic carbocycles. The van der Waals surface area contributed by atoms with Gasteiger partial charge >= 0.3 is 0 Å². The van der Waals surface area contributed by atoms with Crippen LogP contribution in [0.1, 0.15) is 12.5 Å². The zero-order valence-electron chi connectivity index (χ0n) is 8.00. The van der Waals surface area contributed by atoms with E-state index in [1.165, 1.54) is 14.0 Å². The minimum Gasteiger partial charge on any atom is -0.495 e. The van der Waals surface area contributed by atoms with E-state index >= 15 is 0 Å². The quantitative estimate of drug-likeness (QED) is 0.769. The first kappa shape index (κ1) is 10.1. The molecule has 0 aliphatic heterocycles. The molecule has 0 aliphatic carbocycles. The first-order chi connectivity index (χ1) is 6.69. The molecule has 0 heterocycles. The molecule has 1 aromatic rings. The first-order valence-corrected chi connectivity index (χ1v) is 4.03. The van der Waals surface area contributed by atoms with Crippen LogP contribution in [0.25, 0.3) is 0 Å². The highest BCUT2D eigenvalue weighted by Gasteiger charge is 2.09. The highest BCUT2D eigenvalue weighted by Crippen LogP contribution is 2.27. The van der Waals surface area contributed by atoms with E-state index in [2.05, 4.69) is 5.32 Å². The number of hydrogen-bond acceptors (Lipinski definition) is 3. The largest absolute Gasteiger partial charge is 0.495 e. The minimum atomic E-state index is -0.231. The van der Waals surface area contributed by atoms with Crippen LogP contribution in [0.3, 0.4) is 0 Å². The molecule has 1 N–H and O–H groups in total. The van der Waals surface area contributed by atoms with Gasteiger partial charge in [-0.3, -0.25) is 4.79 Å². The van der Waals surface area contributed by atoms with Crippen molar-refractivity contribution in [1.29, 1.82) is 5.26 Å². The number of benzene rings is 1. The summed E-state index contributed by atoms with van der Waals surface area (Å²) >= 11 is 0. The molecule has 0 saturated carbocycles. The fraction of sp³-hybridized carbons (Fsp3) is 0.200. The monoisotopic (exact) mass is 190 g/mol. The highest BCUT2D eigenvalue weighted by molar-refractivity contribution is 5.92. The Hall–Kier alpha value is -2.02. The van der Waals surface area contributed by atoms with Crippen LogP contribution in [0.5, 0.6) is 5.75 Å². The van der Waals surface area contributed by atoms with E-state index < -0.39 is 0 Å². The van der Waals surface area contributed by atoms with Crippen LogP contribution in [0, 0.1) is 11.3 Å². The molecule has 0 radical (unpaired) electrons. The Morgan fingerprint density at radius 3 is 2.79 bits per heavy atom. The number of nitrogens with zero attached hydrogens (tertiary/aromatic N) is 1. The number of amides is 1. The summed E-state index contributed by atoms with van der Waals surface area (Å²) in [5.41, 5.74) is 0.810. The molecule has 0 aliphatic rings. The zero-order chi connectivity index (χ0) is 10.6. The Kier molecular flexibility index (Phi) is 3.08. The number of hydrogen-bond donors (Lipinski definition) is 1. The lowest BCUT2D eigenvalue weighted by Crippen LogP contribution is -2.08. The fourth-order valence-electron chi connectivity index (χ4n) is 1.10. The lowest BCUT2D eigenvalue weighted by molar-refractivity contribution is -0.114. The Morgan fingerprint density at radius 1 is 1.57 bits per heavy atom.